The second-order valence-electron chi connectivity index (χ2n) is 12.7. The van der Waals surface area contributed by atoms with Crippen molar-refractivity contribution in [1.29, 1.82) is 0 Å². The third kappa shape index (κ3) is 10.7. The van der Waals surface area contributed by atoms with Gasteiger partial charge in [0.15, 0.2) is 11.5 Å². The summed E-state index contributed by atoms with van der Waals surface area (Å²) in [5.41, 5.74) is 3.13. The number of pyridine rings is 1. The van der Waals surface area contributed by atoms with Gasteiger partial charge in [0.05, 0.1) is 11.5 Å². The summed E-state index contributed by atoms with van der Waals surface area (Å²) in [6, 6.07) is 10.6. The van der Waals surface area contributed by atoms with E-state index in [-0.39, 0.29) is 37.1 Å². The molecule has 2 heterocycles. The molecule has 0 saturated carbocycles. The maximum absolute atomic E-state index is 14.0. The van der Waals surface area contributed by atoms with Crippen molar-refractivity contribution in [3.05, 3.63) is 93.4 Å². The van der Waals surface area contributed by atoms with Crippen molar-refractivity contribution in [3.63, 3.8) is 0 Å². The highest BCUT2D eigenvalue weighted by molar-refractivity contribution is 6.03. The zero-order valence-corrected chi connectivity index (χ0v) is 29.7. The van der Waals surface area contributed by atoms with Gasteiger partial charge in [0.25, 0.3) is 5.91 Å². The van der Waals surface area contributed by atoms with Gasteiger partial charge in [0, 0.05) is 63.8 Å². The first-order valence-corrected chi connectivity index (χ1v) is 16.5. The van der Waals surface area contributed by atoms with Crippen LogP contribution in [0.15, 0.2) is 59.5 Å². The second-order valence-corrected chi connectivity index (χ2v) is 12.7. The number of halogens is 2. The third-order valence-electron chi connectivity index (χ3n) is 8.52. The minimum atomic E-state index is -1.07. The lowest BCUT2D eigenvalue weighted by Crippen LogP contribution is -2.57. The number of fused-ring (bicyclic) bond motifs is 1. The van der Waals surface area contributed by atoms with E-state index < -0.39 is 63.5 Å². The maximum atomic E-state index is 14.0. The molecule has 0 fully saturated rings. The zero-order valence-electron chi connectivity index (χ0n) is 29.7. The van der Waals surface area contributed by atoms with E-state index >= 15 is 0 Å². The molecule has 1 aromatic heterocycles. The summed E-state index contributed by atoms with van der Waals surface area (Å²) < 4.78 is 39.1. The van der Waals surface area contributed by atoms with Crippen LogP contribution in [-0.2, 0) is 27.4 Å². The Balaban J connectivity index is 0.000000892. The topological polar surface area (TPSA) is 171 Å². The molecule has 3 atom stereocenters. The third-order valence-corrected chi connectivity index (χ3v) is 8.52. The molecule has 51 heavy (non-hydrogen) atoms. The van der Waals surface area contributed by atoms with E-state index in [1.54, 1.807) is 52.0 Å². The summed E-state index contributed by atoms with van der Waals surface area (Å²) in [4.78, 5) is 53.9. The number of para-hydroxylation sites is 1. The highest BCUT2D eigenvalue weighted by Crippen LogP contribution is 2.40. The Morgan fingerprint density at radius 2 is 1.78 bits per heavy atom. The van der Waals surface area contributed by atoms with E-state index in [9.17, 15) is 33.1 Å². The molecule has 1 aliphatic rings. The SMILES string of the molecule is COCCC1(C)C(=O)c2c(O)c(=O)c(C(=O)NCc3ccc(F)cc3F)cn2CC1N(C)CCNNC(C)C(=O)OC(C)C.Oc1ccccc1. The van der Waals surface area contributed by atoms with Crippen LogP contribution in [0.4, 0.5) is 8.78 Å². The van der Waals surface area contributed by atoms with Crippen LogP contribution in [0.1, 0.15) is 60.5 Å². The van der Waals surface area contributed by atoms with E-state index in [1.807, 2.05) is 18.0 Å². The number of phenols is 1. The number of carbonyl (C=O) groups excluding carboxylic acids is 3. The molecule has 1 aliphatic heterocycles. The van der Waals surface area contributed by atoms with Crippen LogP contribution in [0.5, 0.6) is 11.5 Å². The number of methoxy groups -OCH3 is 1. The smallest absolute Gasteiger partial charge is 0.324 e. The Morgan fingerprint density at radius 1 is 1.10 bits per heavy atom. The van der Waals surface area contributed by atoms with Crippen molar-refractivity contribution in [2.24, 2.45) is 5.41 Å². The number of nitrogens with zero attached hydrogens (tertiary/aromatic N) is 2. The molecule has 0 radical (unpaired) electrons. The monoisotopic (exact) mass is 715 g/mol. The molecule has 15 heteroatoms. The molecule has 5 N–H and O–H groups in total. The summed E-state index contributed by atoms with van der Waals surface area (Å²) in [6.45, 7) is 7.80. The molecule has 1 amide bonds. The van der Waals surface area contributed by atoms with Gasteiger partial charge in [0.2, 0.25) is 5.43 Å². The van der Waals surface area contributed by atoms with Crippen LogP contribution >= 0.6 is 0 Å². The van der Waals surface area contributed by atoms with Gasteiger partial charge in [-0.15, -0.1) is 0 Å². The normalized spacial score (nSPS) is 17.4. The lowest BCUT2D eigenvalue weighted by Gasteiger charge is -2.46. The number of phenolic OH excluding ortho intramolecular Hbond substituents is 1. The van der Waals surface area contributed by atoms with Crippen LogP contribution in [0, 0.1) is 17.0 Å². The van der Waals surface area contributed by atoms with Crippen LogP contribution in [0.2, 0.25) is 0 Å². The zero-order chi connectivity index (χ0) is 37.9. The number of nitrogens with one attached hydrogen (secondary N) is 3. The van der Waals surface area contributed by atoms with E-state index in [0.29, 0.717) is 31.3 Å². The number of Topliss-reactive ketones (excluding diaryl/α,β-unsaturated/α-hetero) is 1. The number of hydrogen-bond acceptors (Lipinski definition) is 11. The van der Waals surface area contributed by atoms with Crippen molar-refractivity contribution in [1.82, 2.24) is 25.6 Å². The molecule has 4 rings (SSSR count). The number of aromatic nitrogens is 1. The number of hydrogen-bond donors (Lipinski definition) is 5. The fourth-order valence-corrected chi connectivity index (χ4v) is 5.59. The molecule has 0 aliphatic carbocycles. The molecular formula is C36H47F2N5O8. The highest BCUT2D eigenvalue weighted by atomic mass is 19.1. The predicted octanol–water partition coefficient (Wildman–Crippen LogP) is 3.13. The minimum Gasteiger partial charge on any atom is -0.508 e. The Morgan fingerprint density at radius 3 is 2.37 bits per heavy atom. The van der Waals surface area contributed by atoms with Crippen molar-refractivity contribution < 1.29 is 42.9 Å². The first-order chi connectivity index (χ1) is 24.1. The molecule has 278 valence electrons. The number of carbonyl (C=O) groups is 3. The summed E-state index contributed by atoms with van der Waals surface area (Å²) in [5.74, 6) is -3.95. The lowest BCUT2D eigenvalue weighted by molar-refractivity contribution is -0.149. The molecule has 13 nitrogen and oxygen atoms in total. The van der Waals surface area contributed by atoms with Gasteiger partial charge in [-0.3, -0.25) is 29.5 Å². The largest absolute Gasteiger partial charge is 0.508 e. The van der Waals surface area contributed by atoms with Crippen LogP contribution < -0.4 is 21.6 Å². The highest BCUT2D eigenvalue weighted by Gasteiger charge is 2.49. The molecule has 0 spiro atoms. The van der Waals surface area contributed by atoms with E-state index in [1.165, 1.54) is 23.9 Å². The predicted molar refractivity (Wildman–Crippen MR) is 185 cm³/mol. The number of ether oxygens (including phenoxy) is 2. The number of aromatic hydroxyl groups is 2. The molecule has 3 unspecified atom stereocenters. The Kier molecular flexibility index (Phi) is 14.8. The van der Waals surface area contributed by atoms with Gasteiger partial charge in [-0.2, -0.15) is 0 Å². The van der Waals surface area contributed by atoms with Crippen molar-refractivity contribution in [2.45, 2.75) is 65.4 Å². The van der Waals surface area contributed by atoms with E-state index in [4.69, 9.17) is 14.6 Å². The Bertz CT molecular complexity index is 1720. The average molecular weight is 716 g/mol. The number of ketones is 1. The van der Waals surface area contributed by atoms with E-state index in [2.05, 4.69) is 16.2 Å². The summed E-state index contributed by atoms with van der Waals surface area (Å²) in [7, 11) is 3.33. The first-order valence-electron chi connectivity index (χ1n) is 16.5. The maximum Gasteiger partial charge on any atom is 0.324 e. The molecule has 0 saturated heterocycles. The fourth-order valence-electron chi connectivity index (χ4n) is 5.59. The van der Waals surface area contributed by atoms with Crippen molar-refractivity contribution >= 4 is 17.7 Å². The number of hydrazine groups is 1. The number of likely N-dealkylation sites (N-methyl/N-ethyl adjacent to an activating group) is 1. The fraction of sp³-hybridized carbons (Fsp3) is 0.444. The van der Waals surface area contributed by atoms with Crippen LogP contribution in [-0.4, -0.2) is 89.4 Å². The standard InChI is InChI=1S/C30H41F2N5O7.C6H6O/c1-17(2)44-29(42)18(3)35-34-10-11-36(5)23-16-37-15-21(28(41)33-14-19-7-8-20(31)13-22(19)32)25(38)26(39)24(37)27(40)30(23,4)9-12-43-6;7-6-4-2-1-3-5-6/h7-8,13,15,17-18,23,34-35,39H,9-12,14,16H2,1-6H3,(H,33,41);1-5,7H. The van der Waals surface area contributed by atoms with Crippen molar-refractivity contribution in [2.75, 3.05) is 33.9 Å². The number of rotatable bonds is 14. The number of esters is 1. The lowest BCUT2D eigenvalue weighted by atomic mass is 9.71. The van der Waals surface area contributed by atoms with Gasteiger partial charge in [0.1, 0.15) is 34.7 Å². The first kappa shape index (κ1) is 40.7. The van der Waals surface area contributed by atoms with Gasteiger partial charge in [-0.1, -0.05) is 31.2 Å². The summed E-state index contributed by atoms with van der Waals surface area (Å²) in [6.07, 6.45) is 1.26. The van der Waals surface area contributed by atoms with Crippen molar-refractivity contribution in [3.8, 4) is 11.5 Å². The summed E-state index contributed by atoms with van der Waals surface area (Å²) in [5, 5.41) is 21.9. The minimum absolute atomic E-state index is 0.00196. The molecule has 2 aromatic carbocycles. The van der Waals surface area contributed by atoms with Crippen LogP contribution in [0.25, 0.3) is 0 Å². The van der Waals surface area contributed by atoms with Gasteiger partial charge in [-0.05, 0) is 52.4 Å². The average Bonchev–Trinajstić information content (AvgIpc) is 3.08. The second kappa shape index (κ2) is 18.5. The van der Waals surface area contributed by atoms with Gasteiger partial charge >= 0.3 is 5.97 Å². The quantitative estimate of drug-likeness (QED) is 0.0944. The number of benzene rings is 2. The molecule has 3 aromatic rings. The molecule has 0 bridgehead atoms. The van der Waals surface area contributed by atoms with Crippen LogP contribution in [0.3, 0.4) is 0 Å². The Hall–Kier alpha value is -4.70. The van der Waals surface area contributed by atoms with E-state index in [0.717, 1.165) is 6.07 Å². The molecular weight excluding hydrogens is 668 g/mol. The number of amides is 1. The van der Waals surface area contributed by atoms with Gasteiger partial charge < -0.3 is 29.6 Å². The Labute approximate surface area is 295 Å². The summed E-state index contributed by atoms with van der Waals surface area (Å²) >= 11 is 0. The van der Waals surface area contributed by atoms with Gasteiger partial charge in [-0.25, -0.2) is 14.2 Å².